The van der Waals surface area contributed by atoms with E-state index >= 15 is 0 Å². The third kappa shape index (κ3) is 3.66. The zero-order valence-corrected chi connectivity index (χ0v) is 15.2. The molecule has 1 aromatic carbocycles. The third-order valence-electron chi connectivity index (χ3n) is 4.17. The van der Waals surface area contributed by atoms with E-state index < -0.39 is 0 Å². The van der Waals surface area contributed by atoms with E-state index in [1.165, 1.54) is 10.3 Å². The van der Waals surface area contributed by atoms with Crippen LogP contribution in [0.15, 0.2) is 18.2 Å². The van der Waals surface area contributed by atoms with E-state index in [9.17, 15) is 4.79 Å². The van der Waals surface area contributed by atoms with Gasteiger partial charge in [-0.25, -0.2) is 4.98 Å². The van der Waals surface area contributed by atoms with Crippen molar-refractivity contribution < 1.29 is 4.79 Å². The van der Waals surface area contributed by atoms with E-state index in [1.54, 1.807) is 11.3 Å². The van der Waals surface area contributed by atoms with Crippen molar-refractivity contribution in [1.29, 1.82) is 0 Å². The highest BCUT2D eigenvalue weighted by Gasteiger charge is 2.29. The van der Waals surface area contributed by atoms with Crippen LogP contribution < -0.4 is 10.2 Å². The second-order valence-corrected chi connectivity index (χ2v) is 8.45. The summed E-state index contributed by atoms with van der Waals surface area (Å²) >= 11 is 1.73. The number of carbonyl (C=O) groups is 1. The molecular weight excluding hydrogens is 306 g/mol. The van der Waals surface area contributed by atoms with E-state index in [2.05, 4.69) is 35.3 Å². The van der Waals surface area contributed by atoms with Crippen LogP contribution in [0.5, 0.6) is 0 Å². The Labute approximate surface area is 141 Å². The number of rotatable bonds is 2. The minimum Gasteiger partial charge on any atom is -0.351 e. The summed E-state index contributed by atoms with van der Waals surface area (Å²) in [7, 11) is 0. The Bertz CT molecular complexity index is 717. The molecule has 0 spiro atoms. The first kappa shape index (κ1) is 16.2. The highest BCUT2D eigenvalue weighted by Crippen LogP contribution is 2.33. The van der Waals surface area contributed by atoms with Crippen LogP contribution in [-0.4, -0.2) is 29.5 Å². The first-order chi connectivity index (χ1) is 10.8. The summed E-state index contributed by atoms with van der Waals surface area (Å²) in [5, 5.41) is 4.16. The standard InChI is InChI=1S/C18H25N3OS/c1-12-7-5-9-14-15(12)19-17(23-14)21-10-6-8-13(11-21)16(22)20-18(2,3)4/h5,7,9,13H,6,8,10-11H2,1-4H3,(H,20,22). The molecule has 1 aliphatic heterocycles. The van der Waals surface area contributed by atoms with Gasteiger partial charge in [0.15, 0.2) is 5.13 Å². The number of nitrogens with zero attached hydrogens (tertiary/aromatic N) is 2. The second kappa shape index (κ2) is 6.11. The van der Waals surface area contributed by atoms with Gasteiger partial charge in [-0.3, -0.25) is 4.79 Å². The molecule has 3 rings (SSSR count). The topological polar surface area (TPSA) is 45.2 Å². The van der Waals surface area contributed by atoms with E-state index in [0.717, 1.165) is 36.6 Å². The number of thiazole rings is 1. The third-order valence-corrected chi connectivity index (χ3v) is 5.25. The highest BCUT2D eigenvalue weighted by molar-refractivity contribution is 7.22. The molecule has 1 fully saturated rings. The highest BCUT2D eigenvalue weighted by atomic mass is 32.1. The Kier molecular flexibility index (Phi) is 4.32. The van der Waals surface area contributed by atoms with E-state index in [4.69, 9.17) is 4.98 Å². The predicted octanol–water partition coefficient (Wildman–Crippen LogP) is 3.74. The molecule has 2 heterocycles. The van der Waals surface area contributed by atoms with Crippen molar-refractivity contribution in [3.8, 4) is 0 Å². The lowest BCUT2D eigenvalue weighted by molar-refractivity contribution is -0.126. The van der Waals surface area contributed by atoms with Crippen LogP contribution in [0.1, 0.15) is 39.2 Å². The summed E-state index contributed by atoms with van der Waals surface area (Å²) < 4.78 is 1.22. The Balaban J connectivity index is 1.77. The van der Waals surface area contributed by atoms with Crippen LogP contribution in [0.3, 0.4) is 0 Å². The number of amides is 1. The zero-order valence-electron chi connectivity index (χ0n) is 14.3. The van der Waals surface area contributed by atoms with Crippen molar-refractivity contribution in [3.63, 3.8) is 0 Å². The van der Waals surface area contributed by atoms with Crippen molar-refractivity contribution in [1.82, 2.24) is 10.3 Å². The van der Waals surface area contributed by atoms with Crippen molar-refractivity contribution in [2.24, 2.45) is 5.92 Å². The molecule has 0 bridgehead atoms. The number of piperidine rings is 1. The summed E-state index contributed by atoms with van der Waals surface area (Å²) in [5.41, 5.74) is 2.13. The van der Waals surface area contributed by atoms with Crippen molar-refractivity contribution in [2.45, 2.75) is 46.1 Å². The summed E-state index contributed by atoms with van der Waals surface area (Å²) in [4.78, 5) is 19.6. The predicted molar refractivity (Wildman–Crippen MR) is 97.2 cm³/mol. The average Bonchev–Trinajstić information content (AvgIpc) is 2.91. The van der Waals surface area contributed by atoms with Crippen LogP contribution in [-0.2, 0) is 4.79 Å². The molecule has 124 valence electrons. The van der Waals surface area contributed by atoms with Crippen LogP contribution in [0.2, 0.25) is 0 Å². The van der Waals surface area contributed by atoms with Gasteiger partial charge in [0.25, 0.3) is 0 Å². The number of hydrogen-bond acceptors (Lipinski definition) is 4. The average molecular weight is 331 g/mol. The molecule has 0 aliphatic carbocycles. The number of para-hydroxylation sites is 1. The molecular formula is C18H25N3OS. The number of benzene rings is 1. The van der Waals surface area contributed by atoms with Crippen LogP contribution in [0.25, 0.3) is 10.2 Å². The molecule has 5 heteroatoms. The smallest absolute Gasteiger partial charge is 0.225 e. The molecule has 23 heavy (non-hydrogen) atoms. The van der Waals surface area contributed by atoms with Crippen LogP contribution >= 0.6 is 11.3 Å². The number of anilines is 1. The normalized spacial score (nSPS) is 19.1. The molecule has 1 saturated heterocycles. The molecule has 1 amide bonds. The van der Waals surface area contributed by atoms with Crippen LogP contribution in [0, 0.1) is 12.8 Å². The van der Waals surface area contributed by atoms with Gasteiger partial charge in [0.1, 0.15) is 0 Å². The first-order valence-electron chi connectivity index (χ1n) is 8.26. The maximum Gasteiger partial charge on any atom is 0.225 e. The summed E-state index contributed by atoms with van der Waals surface area (Å²) in [5.74, 6) is 0.218. The number of nitrogens with one attached hydrogen (secondary N) is 1. The minimum absolute atomic E-state index is 0.0519. The van der Waals surface area contributed by atoms with Gasteiger partial charge < -0.3 is 10.2 Å². The van der Waals surface area contributed by atoms with Gasteiger partial charge >= 0.3 is 0 Å². The summed E-state index contributed by atoms with van der Waals surface area (Å²) in [6.07, 6.45) is 2.00. The molecule has 1 atom stereocenters. The van der Waals surface area contributed by atoms with Gasteiger partial charge in [-0.15, -0.1) is 0 Å². The van der Waals surface area contributed by atoms with Gasteiger partial charge in [-0.1, -0.05) is 23.5 Å². The molecule has 0 radical (unpaired) electrons. The maximum atomic E-state index is 12.5. The minimum atomic E-state index is -0.174. The fourth-order valence-electron chi connectivity index (χ4n) is 3.05. The fraction of sp³-hybridized carbons (Fsp3) is 0.556. The number of aromatic nitrogens is 1. The number of fused-ring (bicyclic) bond motifs is 1. The fourth-order valence-corrected chi connectivity index (χ4v) is 4.12. The number of carbonyl (C=O) groups excluding carboxylic acids is 1. The van der Waals surface area contributed by atoms with E-state index in [-0.39, 0.29) is 17.4 Å². The van der Waals surface area contributed by atoms with Gasteiger partial charge in [0.2, 0.25) is 5.91 Å². The van der Waals surface area contributed by atoms with E-state index in [0.29, 0.717) is 0 Å². The van der Waals surface area contributed by atoms with Gasteiger partial charge in [0, 0.05) is 18.6 Å². The molecule has 0 saturated carbocycles. The molecule has 1 aromatic heterocycles. The lowest BCUT2D eigenvalue weighted by atomic mass is 9.96. The quantitative estimate of drug-likeness (QED) is 0.912. The first-order valence-corrected chi connectivity index (χ1v) is 9.08. The molecule has 4 nitrogen and oxygen atoms in total. The SMILES string of the molecule is Cc1cccc2sc(N3CCCC(C(=O)NC(C)(C)C)C3)nc12. The maximum absolute atomic E-state index is 12.5. The molecule has 1 N–H and O–H groups in total. The lowest BCUT2D eigenvalue weighted by Crippen LogP contribution is -2.48. The molecule has 2 aromatic rings. The largest absolute Gasteiger partial charge is 0.351 e. The molecule has 1 unspecified atom stereocenters. The Morgan fingerprint density at radius 2 is 2.17 bits per heavy atom. The second-order valence-electron chi connectivity index (χ2n) is 7.44. The zero-order chi connectivity index (χ0) is 16.6. The summed E-state index contributed by atoms with van der Waals surface area (Å²) in [6.45, 7) is 9.94. The Morgan fingerprint density at radius 3 is 2.87 bits per heavy atom. The van der Waals surface area contributed by atoms with Gasteiger partial charge in [-0.05, 0) is 52.2 Å². The Morgan fingerprint density at radius 1 is 1.39 bits per heavy atom. The van der Waals surface area contributed by atoms with E-state index in [1.807, 2.05) is 20.8 Å². The summed E-state index contributed by atoms with van der Waals surface area (Å²) in [6, 6.07) is 6.30. The van der Waals surface area contributed by atoms with Crippen molar-refractivity contribution in [2.75, 3.05) is 18.0 Å². The van der Waals surface area contributed by atoms with Crippen molar-refractivity contribution >= 4 is 32.6 Å². The lowest BCUT2D eigenvalue weighted by Gasteiger charge is -2.33. The number of hydrogen-bond donors (Lipinski definition) is 1. The number of aryl methyl sites for hydroxylation is 1. The van der Waals surface area contributed by atoms with Crippen LogP contribution in [0.4, 0.5) is 5.13 Å². The van der Waals surface area contributed by atoms with Gasteiger partial charge in [-0.2, -0.15) is 0 Å². The Hall–Kier alpha value is -1.62. The molecule has 1 aliphatic rings. The van der Waals surface area contributed by atoms with Gasteiger partial charge in [0.05, 0.1) is 16.1 Å². The monoisotopic (exact) mass is 331 g/mol. The van der Waals surface area contributed by atoms with Crippen molar-refractivity contribution in [3.05, 3.63) is 23.8 Å².